The molecule has 2 N–H and O–H groups in total. The highest BCUT2D eigenvalue weighted by Crippen LogP contribution is 2.35. The standard InChI is InChI=1S/C23H28O4/c1-2-16(17-3-9-20(24)10-4-17)15-23(26)27-22-13-7-19(8-14-22)18-5-11-21(25)12-6-18/h3-6,9-12,16,19,22,24-25H,2,7-8,13-15H2,1H3. The smallest absolute Gasteiger partial charge is 0.306 e. The van der Waals surface area contributed by atoms with Crippen molar-refractivity contribution in [3.05, 3.63) is 59.7 Å². The molecule has 2 aromatic carbocycles. The molecule has 0 aliphatic heterocycles. The molecule has 2 aromatic rings. The molecule has 0 heterocycles. The van der Waals surface area contributed by atoms with Crippen molar-refractivity contribution in [1.29, 1.82) is 0 Å². The fraction of sp³-hybridized carbons (Fsp3) is 0.435. The number of phenols is 2. The summed E-state index contributed by atoms with van der Waals surface area (Å²) in [6.45, 7) is 2.06. The van der Waals surface area contributed by atoms with Crippen molar-refractivity contribution in [2.75, 3.05) is 0 Å². The second-order valence-electron chi connectivity index (χ2n) is 7.46. The Morgan fingerprint density at radius 1 is 0.963 bits per heavy atom. The fourth-order valence-corrected chi connectivity index (χ4v) is 3.94. The second kappa shape index (κ2) is 8.94. The zero-order valence-corrected chi connectivity index (χ0v) is 15.8. The van der Waals surface area contributed by atoms with Gasteiger partial charge in [0.1, 0.15) is 17.6 Å². The minimum atomic E-state index is -0.136. The molecule has 27 heavy (non-hydrogen) atoms. The number of carbonyl (C=O) groups is 1. The van der Waals surface area contributed by atoms with E-state index in [4.69, 9.17) is 4.74 Å². The van der Waals surface area contributed by atoms with E-state index in [2.05, 4.69) is 6.92 Å². The first-order chi connectivity index (χ1) is 13.0. The van der Waals surface area contributed by atoms with E-state index in [0.717, 1.165) is 37.7 Å². The first-order valence-electron chi connectivity index (χ1n) is 9.82. The van der Waals surface area contributed by atoms with Gasteiger partial charge in [0.05, 0.1) is 6.42 Å². The predicted octanol–water partition coefficient (Wildman–Crippen LogP) is 5.25. The average Bonchev–Trinajstić information content (AvgIpc) is 2.68. The molecular formula is C23H28O4. The van der Waals surface area contributed by atoms with Gasteiger partial charge in [-0.2, -0.15) is 0 Å². The SMILES string of the molecule is CCC(CC(=O)OC1CCC(c2ccc(O)cc2)CC1)c1ccc(O)cc1. The Morgan fingerprint density at radius 3 is 2.07 bits per heavy atom. The summed E-state index contributed by atoms with van der Waals surface area (Å²) in [6, 6.07) is 14.5. The van der Waals surface area contributed by atoms with Crippen LogP contribution in [0.3, 0.4) is 0 Å². The molecule has 4 nitrogen and oxygen atoms in total. The van der Waals surface area contributed by atoms with Gasteiger partial charge in [-0.15, -0.1) is 0 Å². The first-order valence-corrected chi connectivity index (χ1v) is 9.82. The van der Waals surface area contributed by atoms with E-state index in [1.165, 1.54) is 5.56 Å². The van der Waals surface area contributed by atoms with Gasteiger partial charge in [-0.1, -0.05) is 31.2 Å². The molecule has 0 amide bonds. The molecule has 0 spiro atoms. The lowest BCUT2D eigenvalue weighted by atomic mass is 9.82. The Balaban J connectivity index is 1.48. The van der Waals surface area contributed by atoms with Gasteiger partial charge in [0.25, 0.3) is 0 Å². The van der Waals surface area contributed by atoms with E-state index < -0.39 is 0 Å². The molecule has 0 aromatic heterocycles. The molecule has 1 aliphatic carbocycles. The van der Waals surface area contributed by atoms with Crippen LogP contribution in [0.4, 0.5) is 0 Å². The van der Waals surface area contributed by atoms with Crippen molar-refractivity contribution < 1.29 is 19.7 Å². The lowest BCUT2D eigenvalue weighted by Gasteiger charge is -2.29. The van der Waals surface area contributed by atoms with Gasteiger partial charge in [-0.05, 0) is 79.3 Å². The predicted molar refractivity (Wildman–Crippen MR) is 105 cm³/mol. The van der Waals surface area contributed by atoms with Crippen LogP contribution in [0.2, 0.25) is 0 Å². The zero-order chi connectivity index (χ0) is 19.2. The van der Waals surface area contributed by atoms with E-state index in [1.54, 1.807) is 24.3 Å². The molecule has 4 heteroatoms. The summed E-state index contributed by atoms with van der Waals surface area (Å²) in [4.78, 5) is 12.4. The van der Waals surface area contributed by atoms with Crippen LogP contribution in [0, 0.1) is 0 Å². The number of phenolic OH excluding ortho intramolecular Hbond substituents is 2. The van der Waals surface area contributed by atoms with E-state index in [-0.39, 0.29) is 23.7 Å². The second-order valence-corrected chi connectivity index (χ2v) is 7.46. The number of hydrogen-bond donors (Lipinski definition) is 2. The Bertz CT molecular complexity index is 728. The van der Waals surface area contributed by atoms with Crippen LogP contribution in [0.25, 0.3) is 0 Å². The molecule has 1 fully saturated rings. The van der Waals surface area contributed by atoms with Crippen LogP contribution in [-0.4, -0.2) is 22.3 Å². The van der Waals surface area contributed by atoms with Crippen LogP contribution >= 0.6 is 0 Å². The monoisotopic (exact) mass is 368 g/mol. The third-order valence-corrected chi connectivity index (χ3v) is 5.61. The maximum absolute atomic E-state index is 12.4. The van der Waals surface area contributed by atoms with E-state index >= 15 is 0 Å². The van der Waals surface area contributed by atoms with Crippen molar-refractivity contribution in [2.24, 2.45) is 0 Å². The summed E-state index contributed by atoms with van der Waals surface area (Å²) in [6.07, 6.45) is 4.99. The van der Waals surface area contributed by atoms with Crippen LogP contribution < -0.4 is 0 Å². The summed E-state index contributed by atoms with van der Waals surface area (Å²) >= 11 is 0. The lowest BCUT2D eigenvalue weighted by Crippen LogP contribution is -2.24. The third kappa shape index (κ3) is 5.25. The summed E-state index contributed by atoms with van der Waals surface area (Å²) in [5.74, 6) is 0.984. The van der Waals surface area contributed by atoms with E-state index in [0.29, 0.717) is 18.1 Å². The van der Waals surface area contributed by atoms with Gasteiger partial charge >= 0.3 is 5.97 Å². The van der Waals surface area contributed by atoms with Crippen LogP contribution in [-0.2, 0) is 9.53 Å². The van der Waals surface area contributed by atoms with Gasteiger partial charge in [0, 0.05) is 0 Å². The minimum absolute atomic E-state index is 0.00295. The summed E-state index contributed by atoms with van der Waals surface area (Å²) in [5.41, 5.74) is 2.30. The maximum atomic E-state index is 12.4. The van der Waals surface area contributed by atoms with Crippen LogP contribution in [0.15, 0.2) is 48.5 Å². The molecule has 1 saturated carbocycles. The summed E-state index contributed by atoms with van der Waals surface area (Å²) in [7, 11) is 0. The molecular weight excluding hydrogens is 340 g/mol. The van der Waals surface area contributed by atoms with Crippen LogP contribution in [0.1, 0.15) is 68.4 Å². The Morgan fingerprint density at radius 2 is 1.52 bits per heavy atom. The molecule has 3 rings (SSSR count). The van der Waals surface area contributed by atoms with Crippen molar-refractivity contribution in [1.82, 2.24) is 0 Å². The van der Waals surface area contributed by atoms with Crippen molar-refractivity contribution in [3.63, 3.8) is 0 Å². The quantitative estimate of drug-likeness (QED) is 0.683. The number of ether oxygens (including phenoxy) is 1. The topological polar surface area (TPSA) is 66.8 Å². The number of hydrogen-bond acceptors (Lipinski definition) is 4. The number of benzene rings is 2. The van der Waals surface area contributed by atoms with E-state index in [1.807, 2.05) is 24.3 Å². The van der Waals surface area contributed by atoms with Gasteiger partial charge in [0.15, 0.2) is 0 Å². The number of carbonyl (C=O) groups excluding carboxylic acids is 1. The van der Waals surface area contributed by atoms with Crippen molar-refractivity contribution >= 4 is 5.97 Å². The number of rotatable bonds is 6. The molecule has 0 saturated heterocycles. The summed E-state index contributed by atoms with van der Waals surface area (Å²) in [5, 5.41) is 18.8. The highest BCUT2D eigenvalue weighted by Gasteiger charge is 2.26. The largest absolute Gasteiger partial charge is 0.508 e. The Labute approximate surface area is 160 Å². The van der Waals surface area contributed by atoms with Crippen molar-refractivity contribution in [3.8, 4) is 11.5 Å². The molecule has 144 valence electrons. The molecule has 1 aliphatic rings. The minimum Gasteiger partial charge on any atom is -0.508 e. The number of esters is 1. The third-order valence-electron chi connectivity index (χ3n) is 5.61. The Kier molecular flexibility index (Phi) is 6.38. The van der Waals surface area contributed by atoms with E-state index in [9.17, 15) is 15.0 Å². The maximum Gasteiger partial charge on any atom is 0.306 e. The fourth-order valence-electron chi connectivity index (χ4n) is 3.94. The molecule has 1 atom stereocenters. The van der Waals surface area contributed by atoms with Gasteiger partial charge in [-0.25, -0.2) is 0 Å². The van der Waals surface area contributed by atoms with Crippen LogP contribution in [0.5, 0.6) is 11.5 Å². The average molecular weight is 368 g/mol. The summed E-state index contributed by atoms with van der Waals surface area (Å²) < 4.78 is 5.74. The molecule has 1 unspecified atom stereocenters. The van der Waals surface area contributed by atoms with Gasteiger partial charge in [0.2, 0.25) is 0 Å². The first kappa shape index (κ1) is 19.3. The molecule has 0 bridgehead atoms. The van der Waals surface area contributed by atoms with Gasteiger partial charge < -0.3 is 14.9 Å². The highest BCUT2D eigenvalue weighted by atomic mass is 16.5. The normalized spacial score (nSPS) is 20.8. The lowest BCUT2D eigenvalue weighted by molar-refractivity contribution is -0.151. The van der Waals surface area contributed by atoms with Crippen molar-refractivity contribution in [2.45, 2.75) is 63.4 Å². The van der Waals surface area contributed by atoms with Gasteiger partial charge in [-0.3, -0.25) is 4.79 Å². The Hall–Kier alpha value is -2.49. The number of aromatic hydroxyl groups is 2. The zero-order valence-electron chi connectivity index (χ0n) is 15.8. The molecule has 0 radical (unpaired) electrons. The highest BCUT2D eigenvalue weighted by molar-refractivity contribution is 5.70.